The average Bonchev–Trinajstić information content (AvgIpc) is 3.10. The number of primary amides is 1. The molecule has 3 rings (SSSR count). The number of carbonyl (C=O) groups is 1. The zero-order valence-electron chi connectivity index (χ0n) is 12.6. The topological polar surface area (TPSA) is 75.1 Å². The van der Waals surface area contributed by atoms with Gasteiger partial charge in [0.05, 0.1) is 7.11 Å². The van der Waals surface area contributed by atoms with E-state index in [1.165, 1.54) is 10.9 Å². The minimum atomic E-state index is -0.506. The van der Waals surface area contributed by atoms with Gasteiger partial charge in [-0.1, -0.05) is 0 Å². The highest BCUT2D eigenvalue weighted by Crippen LogP contribution is 2.26. The molecule has 2 N–H and O–H groups in total. The second-order valence-electron chi connectivity index (χ2n) is 5.23. The Kier molecular flexibility index (Phi) is 3.58. The first-order valence-electron chi connectivity index (χ1n) is 7.03. The number of benzene rings is 1. The van der Waals surface area contributed by atoms with E-state index in [-0.39, 0.29) is 0 Å². The lowest BCUT2D eigenvalue weighted by Crippen LogP contribution is -2.12. The number of aryl methyl sites for hydroxylation is 3. The molecule has 0 radical (unpaired) electrons. The van der Waals surface area contributed by atoms with Crippen molar-refractivity contribution in [2.24, 2.45) is 12.8 Å². The highest BCUT2D eigenvalue weighted by molar-refractivity contribution is 5.90. The largest absolute Gasteiger partial charge is 0.497 e. The number of methoxy groups -OCH3 is 1. The maximum Gasteiger partial charge on any atom is 0.269 e. The molecule has 6 nitrogen and oxygen atoms in total. The Hall–Kier alpha value is -2.76. The number of carbonyl (C=O) groups excluding carboxylic acids is 1. The van der Waals surface area contributed by atoms with Gasteiger partial charge in [0.2, 0.25) is 0 Å². The van der Waals surface area contributed by atoms with E-state index in [0.29, 0.717) is 12.2 Å². The van der Waals surface area contributed by atoms with Crippen LogP contribution >= 0.6 is 0 Å². The zero-order valence-corrected chi connectivity index (χ0v) is 12.6. The Morgan fingerprint density at radius 1 is 1.36 bits per heavy atom. The summed E-state index contributed by atoms with van der Waals surface area (Å²) in [5, 5.41) is 5.33. The van der Waals surface area contributed by atoms with Crippen molar-refractivity contribution in [3.05, 3.63) is 47.9 Å². The van der Waals surface area contributed by atoms with E-state index in [4.69, 9.17) is 10.5 Å². The normalized spacial score (nSPS) is 11.0. The van der Waals surface area contributed by atoms with Crippen LogP contribution in [0.15, 0.2) is 36.7 Å². The molecule has 6 heteroatoms. The van der Waals surface area contributed by atoms with Crippen molar-refractivity contribution in [1.29, 1.82) is 0 Å². The number of fused-ring (bicyclic) bond motifs is 1. The maximum absolute atomic E-state index is 11.1. The summed E-state index contributed by atoms with van der Waals surface area (Å²) in [5.41, 5.74) is 7.88. The van der Waals surface area contributed by atoms with Gasteiger partial charge >= 0.3 is 0 Å². The summed E-state index contributed by atoms with van der Waals surface area (Å²) in [6.07, 6.45) is 4.69. The predicted octanol–water partition coefficient (Wildman–Crippen LogP) is 1.72. The van der Waals surface area contributed by atoms with E-state index in [2.05, 4.69) is 21.9 Å². The number of amides is 1. The summed E-state index contributed by atoms with van der Waals surface area (Å²) >= 11 is 0. The van der Waals surface area contributed by atoms with Crippen molar-refractivity contribution in [3.63, 3.8) is 0 Å². The fraction of sp³-hybridized carbons (Fsp3) is 0.250. The predicted molar refractivity (Wildman–Crippen MR) is 83.9 cm³/mol. The molecule has 0 aliphatic carbocycles. The molecule has 0 saturated heterocycles. The Labute approximate surface area is 128 Å². The van der Waals surface area contributed by atoms with Crippen LogP contribution in [0.1, 0.15) is 16.1 Å². The van der Waals surface area contributed by atoms with Crippen molar-refractivity contribution in [2.45, 2.75) is 13.0 Å². The summed E-state index contributed by atoms with van der Waals surface area (Å²) in [6.45, 7) is 0.684. The summed E-state index contributed by atoms with van der Waals surface area (Å²) in [4.78, 5) is 11.1. The summed E-state index contributed by atoms with van der Waals surface area (Å²) in [6, 6.07) is 7.69. The van der Waals surface area contributed by atoms with Gasteiger partial charge in [0.1, 0.15) is 11.4 Å². The lowest BCUT2D eigenvalue weighted by molar-refractivity contribution is 0.0994. The van der Waals surface area contributed by atoms with Gasteiger partial charge in [-0.2, -0.15) is 5.10 Å². The van der Waals surface area contributed by atoms with Gasteiger partial charge in [0.15, 0.2) is 0 Å². The van der Waals surface area contributed by atoms with Crippen LogP contribution in [0.5, 0.6) is 5.75 Å². The molecule has 0 atom stereocenters. The molecular formula is C16H18N4O2. The summed E-state index contributed by atoms with van der Waals surface area (Å²) in [5.74, 6) is 0.337. The lowest BCUT2D eigenvalue weighted by Gasteiger charge is -2.03. The summed E-state index contributed by atoms with van der Waals surface area (Å²) in [7, 11) is 3.69. The molecule has 0 fully saturated rings. The van der Waals surface area contributed by atoms with Gasteiger partial charge in [-0.15, -0.1) is 0 Å². The van der Waals surface area contributed by atoms with Gasteiger partial charge < -0.3 is 15.0 Å². The molecule has 0 unspecified atom stereocenters. The van der Waals surface area contributed by atoms with Crippen molar-refractivity contribution >= 4 is 16.8 Å². The van der Waals surface area contributed by atoms with Gasteiger partial charge in [0.25, 0.3) is 5.91 Å². The molecule has 1 aromatic carbocycles. The Morgan fingerprint density at radius 3 is 2.86 bits per heavy atom. The van der Waals surface area contributed by atoms with E-state index in [1.807, 2.05) is 19.2 Å². The average molecular weight is 298 g/mol. The summed E-state index contributed by atoms with van der Waals surface area (Å²) < 4.78 is 9.14. The van der Waals surface area contributed by atoms with E-state index < -0.39 is 5.91 Å². The number of aromatic nitrogens is 3. The molecule has 114 valence electrons. The number of nitrogens with zero attached hydrogens (tertiary/aromatic N) is 3. The third-order valence-corrected chi connectivity index (χ3v) is 3.78. The van der Waals surface area contributed by atoms with E-state index in [1.54, 1.807) is 24.1 Å². The smallest absolute Gasteiger partial charge is 0.269 e. The standard InChI is InChI=1S/C16H18N4O2/c1-19-10-11(13-9-12(22-2)3-4-15(13)19)5-7-20-8-6-14(18-20)16(17)21/h3-4,6,8-10H,5,7H2,1-2H3,(H2,17,21). The Bertz CT molecular complexity index is 832. The van der Waals surface area contributed by atoms with E-state index in [0.717, 1.165) is 17.7 Å². The first kappa shape index (κ1) is 14.2. The van der Waals surface area contributed by atoms with Crippen molar-refractivity contribution in [3.8, 4) is 5.75 Å². The number of nitrogens with two attached hydrogens (primary N) is 1. The fourth-order valence-corrected chi connectivity index (χ4v) is 2.63. The van der Waals surface area contributed by atoms with Crippen LogP contribution in [-0.4, -0.2) is 27.4 Å². The molecule has 0 aliphatic rings. The van der Waals surface area contributed by atoms with E-state index >= 15 is 0 Å². The molecule has 0 aliphatic heterocycles. The third-order valence-electron chi connectivity index (χ3n) is 3.78. The van der Waals surface area contributed by atoms with Gasteiger partial charge in [-0.05, 0) is 36.2 Å². The molecule has 0 bridgehead atoms. The van der Waals surface area contributed by atoms with Crippen LogP contribution in [0.4, 0.5) is 0 Å². The minimum absolute atomic E-state index is 0.291. The number of hydrogen-bond donors (Lipinski definition) is 1. The second kappa shape index (κ2) is 5.55. The SMILES string of the molecule is COc1ccc2c(c1)c(CCn1ccc(C(N)=O)n1)cn2C. The highest BCUT2D eigenvalue weighted by Gasteiger charge is 2.09. The molecular weight excluding hydrogens is 280 g/mol. The van der Waals surface area contributed by atoms with Crippen molar-refractivity contribution < 1.29 is 9.53 Å². The molecule has 0 spiro atoms. The Morgan fingerprint density at radius 2 is 2.18 bits per heavy atom. The first-order chi connectivity index (χ1) is 10.6. The van der Waals surface area contributed by atoms with Gasteiger partial charge in [-0.3, -0.25) is 9.48 Å². The second-order valence-corrected chi connectivity index (χ2v) is 5.23. The van der Waals surface area contributed by atoms with Crippen molar-refractivity contribution in [2.75, 3.05) is 7.11 Å². The van der Waals surface area contributed by atoms with Gasteiger partial charge in [-0.25, -0.2) is 0 Å². The third kappa shape index (κ3) is 2.55. The molecule has 1 amide bonds. The van der Waals surface area contributed by atoms with Crippen LogP contribution in [0, 0.1) is 0 Å². The molecule has 2 heterocycles. The zero-order chi connectivity index (χ0) is 15.7. The molecule has 22 heavy (non-hydrogen) atoms. The quantitative estimate of drug-likeness (QED) is 0.779. The van der Waals surface area contributed by atoms with Gasteiger partial charge in [0, 0.05) is 36.9 Å². The van der Waals surface area contributed by atoms with Crippen LogP contribution in [0.25, 0.3) is 10.9 Å². The first-order valence-corrected chi connectivity index (χ1v) is 7.03. The monoisotopic (exact) mass is 298 g/mol. The lowest BCUT2D eigenvalue weighted by atomic mass is 10.1. The molecule has 3 aromatic rings. The van der Waals surface area contributed by atoms with Crippen molar-refractivity contribution in [1.82, 2.24) is 14.3 Å². The number of ether oxygens (including phenoxy) is 1. The number of hydrogen-bond acceptors (Lipinski definition) is 3. The highest BCUT2D eigenvalue weighted by atomic mass is 16.5. The van der Waals surface area contributed by atoms with Crippen LogP contribution < -0.4 is 10.5 Å². The van der Waals surface area contributed by atoms with Crippen LogP contribution in [-0.2, 0) is 20.0 Å². The Balaban J connectivity index is 1.85. The molecule has 2 aromatic heterocycles. The van der Waals surface area contributed by atoms with Crippen LogP contribution in [0.2, 0.25) is 0 Å². The minimum Gasteiger partial charge on any atom is -0.497 e. The number of rotatable bonds is 5. The van der Waals surface area contributed by atoms with E-state index in [9.17, 15) is 4.79 Å². The molecule has 0 saturated carbocycles. The van der Waals surface area contributed by atoms with Crippen LogP contribution in [0.3, 0.4) is 0 Å². The maximum atomic E-state index is 11.1. The fourth-order valence-electron chi connectivity index (χ4n) is 2.63.